The van der Waals surface area contributed by atoms with E-state index >= 15 is 0 Å². The lowest BCUT2D eigenvalue weighted by Crippen LogP contribution is -2.63. The fraction of sp³-hybridized carbons (Fsp3) is 0.909. The maximum absolute atomic E-state index is 14.1. The number of carbonyl (C=O) groups is 2. The van der Waals surface area contributed by atoms with Gasteiger partial charge in [-0.1, -0.05) is 0 Å². The minimum atomic E-state index is -5.65. The fourth-order valence-corrected chi connectivity index (χ4v) is 6.54. The number of amides is 1. The number of hydrogen-bond donors (Lipinski definition) is 2. The van der Waals surface area contributed by atoms with E-state index in [1.54, 1.807) is 0 Å². The van der Waals surface area contributed by atoms with Gasteiger partial charge in [-0.05, 0) is 76.0 Å². The summed E-state index contributed by atoms with van der Waals surface area (Å²) in [5.74, 6) is -10.3. The van der Waals surface area contributed by atoms with Gasteiger partial charge in [0, 0.05) is 12.0 Å². The van der Waals surface area contributed by atoms with E-state index in [0.29, 0.717) is 37.0 Å². The lowest BCUT2D eigenvalue weighted by molar-refractivity contribution is -0.350. The van der Waals surface area contributed by atoms with Gasteiger partial charge in [-0.25, -0.2) is 13.8 Å². The lowest BCUT2D eigenvalue weighted by Gasteiger charge is -2.56. The van der Waals surface area contributed by atoms with E-state index < -0.39 is 84.3 Å². The van der Waals surface area contributed by atoms with Gasteiger partial charge >= 0.3 is 35.2 Å². The van der Waals surface area contributed by atoms with Gasteiger partial charge in [0.05, 0.1) is 13.2 Å². The maximum Gasteiger partial charge on any atom is 0.468 e. The highest BCUT2D eigenvalue weighted by atomic mass is 32.2. The summed E-state index contributed by atoms with van der Waals surface area (Å²) in [5.41, 5.74) is -0.776. The summed E-state index contributed by atoms with van der Waals surface area (Å²) < 4.78 is 129. The smallest absolute Gasteiger partial charge is 0.461 e. The number of esters is 1. The van der Waals surface area contributed by atoms with E-state index in [-0.39, 0.29) is 0 Å². The number of alkyl carbamates (subject to hydrolysis) is 1. The molecule has 0 heterocycles. The summed E-state index contributed by atoms with van der Waals surface area (Å²) in [6.07, 6.45) is -5.86. The Morgan fingerprint density at radius 2 is 1.50 bits per heavy atom. The van der Waals surface area contributed by atoms with E-state index in [0.717, 1.165) is 19.3 Å². The molecule has 220 valence electrons. The second-order valence-corrected chi connectivity index (χ2v) is 11.3. The molecular formula is C22H30F7NO7S. The molecule has 38 heavy (non-hydrogen) atoms. The molecule has 2 N–H and O–H groups in total. The van der Waals surface area contributed by atoms with Crippen LogP contribution in [0.15, 0.2) is 0 Å². The largest absolute Gasteiger partial charge is 0.468 e. The number of unbranched alkanes of at least 4 members (excludes halogenated alkanes) is 1. The second kappa shape index (κ2) is 11.1. The van der Waals surface area contributed by atoms with Crippen molar-refractivity contribution in [2.45, 2.75) is 93.4 Å². The molecule has 4 saturated carbocycles. The Morgan fingerprint density at radius 1 is 0.974 bits per heavy atom. The molecule has 0 aromatic rings. The van der Waals surface area contributed by atoms with Gasteiger partial charge in [-0.2, -0.15) is 30.7 Å². The topological polar surface area (TPSA) is 111 Å². The number of alkyl halides is 7. The molecular weight excluding hydrogens is 555 g/mol. The lowest BCUT2D eigenvalue weighted by atomic mass is 9.53. The molecule has 0 radical (unpaired) electrons. The monoisotopic (exact) mass is 585 g/mol. The Kier molecular flexibility index (Phi) is 8.98. The molecule has 4 fully saturated rings. The molecule has 16 heteroatoms. The molecule has 2 atom stereocenters. The fourth-order valence-electron chi connectivity index (χ4n) is 6.19. The normalized spacial score (nSPS) is 29.4. The van der Waals surface area contributed by atoms with Gasteiger partial charge < -0.3 is 24.1 Å². The zero-order valence-electron chi connectivity index (χ0n) is 20.5. The van der Waals surface area contributed by atoms with Crippen LogP contribution >= 0.6 is 0 Å². The Balaban J connectivity index is 1.68. The Morgan fingerprint density at radius 3 is 1.95 bits per heavy atom. The highest BCUT2D eigenvalue weighted by Gasteiger charge is 2.68. The van der Waals surface area contributed by atoms with E-state index in [9.17, 15) is 44.5 Å². The van der Waals surface area contributed by atoms with Gasteiger partial charge in [-0.15, -0.1) is 0 Å². The first-order chi connectivity index (χ1) is 17.5. The van der Waals surface area contributed by atoms with Gasteiger partial charge in [0.1, 0.15) is 0 Å². The number of hydrogen-bond acceptors (Lipinski definition) is 6. The van der Waals surface area contributed by atoms with Gasteiger partial charge in [0.25, 0.3) is 0 Å². The molecule has 0 aromatic heterocycles. The number of nitrogens with one attached hydrogen (secondary N) is 1. The van der Waals surface area contributed by atoms with Crippen LogP contribution < -0.4 is 5.32 Å². The third kappa shape index (κ3) is 6.21. The van der Waals surface area contributed by atoms with Crippen molar-refractivity contribution >= 4 is 23.1 Å². The third-order valence-corrected chi connectivity index (χ3v) is 8.13. The molecule has 0 spiro atoms. The van der Waals surface area contributed by atoms with Gasteiger partial charge in [0.2, 0.25) is 11.1 Å². The van der Waals surface area contributed by atoms with Crippen LogP contribution in [0.4, 0.5) is 35.5 Å². The molecule has 8 nitrogen and oxygen atoms in total. The third-order valence-electron chi connectivity index (χ3n) is 7.39. The first-order valence-electron chi connectivity index (χ1n) is 12.2. The zero-order valence-corrected chi connectivity index (χ0v) is 21.3. The first-order valence-corrected chi connectivity index (χ1v) is 13.3. The van der Waals surface area contributed by atoms with Crippen molar-refractivity contribution < 1.29 is 63.3 Å². The van der Waals surface area contributed by atoms with E-state index in [2.05, 4.69) is 19.5 Å². The van der Waals surface area contributed by atoms with E-state index in [1.807, 2.05) is 0 Å². The highest BCUT2D eigenvalue weighted by molar-refractivity contribution is 7.80. The summed E-state index contributed by atoms with van der Waals surface area (Å²) in [7, 11) is 0. The minimum Gasteiger partial charge on any atom is -0.461 e. The quantitative estimate of drug-likeness (QED) is 0.107. The Labute approximate surface area is 216 Å². The molecule has 4 aliphatic rings. The average molecular weight is 586 g/mol. The van der Waals surface area contributed by atoms with Crippen LogP contribution in [-0.4, -0.2) is 62.7 Å². The number of ether oxygens (including phenoxy) is 3. The van der Waals surface area contributed by atoms with Gasteiger partial charge in [-0.3, -0.25) is 0 Å². The standard InChI is InChI=1S/C22H30F7NO7S/c1-2-35-16(31)20(21(25,26)27,36-6-4-3-5-19(23,24)22(28,29)38(33)34)37-17(32)30-18-10-13-7-14(11-18)9-15(8-13)12-18/h13-15H,2-12H2,1H3,(H,30,32)(H,33,34). The van der Waals surface area contributed by atoms with Gasteiger partial charge in [0.15, 0.2) is 0 Å². The van der Waals surface area contributed by atoms with Crippen LogP contribution in [0, 0.1) is 17.8 Å². The molecule has 2 unspecified atom stereocenters. The zero-order chi connectivity index (χ0) is 28.6. The maximum atomic E-state index is 14.1. The summed E-state index contributed by atoms with van der Waals surface area (Å²) >= 11 is -4.19. The predicted octanol–water partition coefficient (Wildman–Crippen LogP) is 5.14. The van der Waals surface area contributed by atoms with Crippen molar-refractivity contribution in [2.75, 3.05) is 13.2 Å². The van der Waals surface area contributed by atoms with Crippen molar-refractivity contribution in [2.24, 2.45) is 17.8 Å². The number of halogens is 7. The molecule has 4 aliphatic carbocycles. The average Bonchev–Trinajstić information content (AvgIpc) is 2.75. The predicted molar refractivity (Wildman–Crippen MR) is 116 cm³/mol. The summed E-state index contributed by atoms with van der Waals surface area (Å²) in [4.78, 5) is 25.1. The minimum absolute atomic E-state index is 0.323. The van der Waals surface area contributed by atoms with Crippen LogP contribution in [0.3, 0.4) is 0 Å². The molecule has 4 bridgehead atoms. The molecule has 0 aliphatic heterocycles. The Bertz CT molecular complexity index is 882. The van der Waals surface area contributed by atoms with Crippen LogP contribution in [0.25, 0.3) is 0 Å². The van der Waals surface area contributed by atoms with Crippen molar-refractivity contribution in [3.8, 4) is 0 Å². The number of carbonyl (C=O) groups excluding carboxylic acids is 2. The van der Waals surface area contributed by atoms with Crippen molar-refractivity contribution in [1.82, 2.24) is 5.32 Å². The van der Waals surface area contributed by atoms with E-state index in [1.165, 1.54) is 6.92 Å². The van der Waals surface area contributed by atoms with Crippen LogP contribution in [0.2, 0.25) is 0 Å². The highest BCUT2D eigenvalue weighted by Crippen LogP contribution is 2.55. The second-order valence-electron chi connectivity index (χ2n) is 10.3. The molecule has 4 rings (SSSR count). The molecule has 0 saturated heterocycles. The molecule has 1 amide bonds. The van der Waals surface area contributed by atoms with Crippen molar-refractivity contribution in [1.29, 1.82) is 0 Å². The van der Waals surface area contributed by atoms with Crippen molar-refractivity contribution in [3.63, 3.8) is 0 Å². The van der Waals surface area contributed by atoms with Crippen LogP contribution in [0.1, 0.15) is 64.7 Å². The summed E-state index contributed by atoms with van der Waals surface area (Å²) in [6, 6.07) is 0. The Hall–Kier alpha value is -1.68. The summed E-state index contributed by atoms with van der Waals surface area (Å²) in [6.45, 7) is -0.464. The SMILES string of the molecule is CCOC(=O)C(OCCCCC(F)(F)C(F)(F)S(=O)O)(OC(=O)NC12CC3CC(CC(C3)C1)C2)C(F)(F)F. The molecule has 0 aromatic carbocycles. The van der Waals surface area contributed by atoms with E-state index in [4.69, 9.17) is 4.55 Å². The van der Waals surface area contributed by atoms with Crippen LogP contribution in [0.5, 0.6) is 0 Å². The number of rotatable bonds is 12. The van der Waals surface area contributed by atoms with Crippen molar-refractivity contribution in [3.05, 3.63) is 0 Å². The van der Waals surface area contributed by atoms with Crippen LogP contribution in [-0.2, 0) is 30.1 Å². The first kappa shape index (κ1) is 30.9. The summed E-state index contributed by atoms with van der Waals surface area (Å²) in [5, 5.41) is -2.77.